The largest absolute Gasteiger partial charge is 0.487 e. The molecule has 0 saturated carbocycles. The monoisotopic (exact) mass is 741 g/mol. The van der Waals surface area contributed by atoms with Gasteiger partial charge in [-0.3, -0.25) is 14.6 Å². The van der Waals surface area contributed by atoms with E-state index in [1.807, 2.05) is 26.8 Å². The highest BCUT2D eigenvalue weighted by Crippen LogP contribution is 2.42. The van der Waals surface area contributed by atoms with Crippen molar-refractivity contribution in [2.45, 2.75) is 110 Å². The Morgan fingerprint density at radius 2 is 1.82 bits per heavy atom. The maximum absolute atomic E-state index is 13.6. The summed E-state index contributed by atoms with van der Waals surface area (Å²) in [7, 11) is -4.10. The number of nitrogens with two attached hydrogens (primary N) is 1. The molecular weight excluding hydrogens is 694 g/mol. The molecule has 1 atom stereocenters. The summed E-state index contributed by atoms with van der Waals surface area (Å²) >= 11 is 6.09. The Bertz CT molecular complexity index is 2020. The number of rotatable bonds is 11. The zero-order valence-corrected chi connectivity index (χ0v) is 32.0. The number of fused-ring (bicyclic) bond motifs is 1. The summed E-state index contributed by atoms with van der Waals surface area (Å²) in [6, 6.07) is 8.87. The predicted molar refractivity (Wildman–Crippen MR) is 198 cm³/mol. The number of nitrogens with zero attached hydrogens (tertiary/aromatic N) is 2. The number of aromatic nitrogens is 1. The molecule has 1 aliphatic rings. The number of guanidine groups is 1. The number of carbonyl (C=O) groups is 2. The average molecular weight is 742 g/mol. The zero-order valence-electron chi connectivity index (χ0n) is 30.5. The second kappa shape index (κ2) is 15.5. The number of ether oxygens (including phenoxy) is 2. The highest BCUT2D eigenvalue weighted by Gasteiger charge is 2.34. The molecule has 4 rings (SSSR count). The first kappa shape index (κ1) is 39.4. The lowest BCUT2D eigenvalue weighted by Gasteiger charge is -2.35. The smallest absolute Gasteiger partial charge is 0.329 e. The number of halogens is 1. The molecule has 14 heteroatoms. The molecule has 3 aromatic rings. The molecule has 1 aliphatic heterocycles. The van der Waals surface area contributed by atoms with Crippen LogP contribution in [0, 0.1) is 20.8 Å². The maximum atomic E-state index is 13.6. The van der Waals surface area contributed by atoms with Crippen molar-refractivity contribution in [2.75, 3.05) is 6.54 Å². The normalized spacial score (nSPS) is 15.0. The minimum atomic E-state index is -4.10. The number of amides is 1. The quantitative estimate of drug-likeness (QED) is 0.106. The van der Waals surface area contributed by atoms with Crippen LogP contribution in [0.15, 0.2) is 57.3 Å². The number of sulfonamides is 1. The Labute approximate surface area is 304 Å². The molecule has 1 amide bonds. The molecular formula is C37H48ClN5O7S. The number of benzene rings is 2. The van der Waals surface area contributed by atoms with Crippen LogP contribution in [0.2, 0.25) is 5.02 Å². The number of hydrogen-bond acceptors (Lipinski definition) is 8. The second-order valence-corrected chi connectivity index (χ2v) is 16.5. The molecule has 276 valence electrons. The summed E-state index contributed by atoms with van der Waals surface area (Å²) in [4.78, 5) is 44.1. The van der Waals surface area contributed by atoms with Crippen molar-refractivity contribution in [3.8, 4) is 5.75 Å². The number of hydrogen-bond donors (Lipinski definition) is 3. The fourth-order valence-corrected chi connectivity index (χ4v) is 7.73. The second-order valence-electron chi connectivity index (χ2n) is 14.4. The van der Waals surface area contributed by atoms with E-state index in [0.717, 1.165) is 28.9 Å². The van der Waals surface area contributed by atoms with E-state index >= 15 is 0 Å². The van der Waals surface area contributed by atoms with E-state index < -0.39 is 39.1 Å². The van der Waals surface area contributed by atoms with Gasteiger partial charge in [0.25, 0.3) is 21.5 Å². The van der Waals surface area contributed by atoms with Gasteiger partial charge in [-0.15, -0.1) is 0 Å². The summed E-state index contributed by atoms with van der Waals surface area (Å²) in [5.74, 6) is -1.02. The van der Waals surface area contributed by atoms with E-state index in [9.17, 15) is 22.8 Å². The van der Waals surface area contributed by atoms with Crippen LogP contribution in [0.4, 0.5) is 0 Å². The summed E-state index contributed by atoms with van der Waals surface area (Å²) < 4.78 is 42.7. The van der Waals surface area contributed by atoms with Gasteiger partial charge in [-0.2, -0.15) is 0 Å². The lowest BCUT2D eigenvalue weighted by molar-refractivity contribution is -0.157. The average Bonchev–Trinajstić information content (AvgIpc) is 3.00. The molecule has 1 aromatic heterocycles. The fourth-order valence-electron chi connectivity index (χ4n) is 5.99. The number of pyridine rings is 1. The third kappa shape index (κ3) is 9.91. The van der Waals surface area contributed by atoms with Crippen molar-refractivity contribution >= 4 is 39.5 Å². The van der Waals surface area contributed by atoms with E-state index in [2.05, 4.69) is 15.0 Å². The van der Waals surface area contributed by atoms with Gasteiger partial charge in [0.15, 0.2) is 0 Å². The van der Waals surface area contributed by atoms with Gasteiger partial charge in [-0.25, -0.2) is 17.9 Å². The molecule has 51 heavy (non-hydrogen) atoms. The lowest BCUT2D eigenvalue weighted by atomic mass is 9.88. The summed E-state index contributed by atoms with van der Waals surface area (Å²) in [6.45, 7) is 14.7. The number of nitrogens with one attached hydrogen (secondary N) is 2. The van der Waals surface area contributed by atoms with Gasteiger partial charge < -0.3 is 25.1 Å². The molecule has 0 radical (unpaired) electrons. The molecule has 0 spiro atoms. The van der Waals surface area contributed by atoms with Crippen LogP contribution in [0.25, 0.3) is 0 Å². The van der Waals surface area contributed by atoms with E-state index in [1.54, 1.807) is 65.1 Å². The molecule has 0 bridgehead atoms. The van der Waals surface area contributed by atoms with Crippen LogP contribution in [-0.2, 0) is 32.5 Å². The highest BCUT2D eigenvalue weighted by atomic mass is 35.5. The molecule has 0 aliphatic carbocycles. The molecule has 4 N–H and O–H groups in total. The van der Waals surface area contributed by atoms with E-state index in [4.69, 9.17) is 26.8 Å². The number of esters is 1. The van der Waals surface area contributed by atoms with Crippen molar-refractivity contribution < 1.29 is 27.5 Å². The Morgan fingerprint density at radius 1 is 1.12 bits per heavy atom. The summed E-state index contributed by atoms with van der Waals surface area (Å²) in [5, 5.41) is 3.16. The van der Waals surface area contributed by atoms with E-state index in [1.165, 1.54) is 10.6 Å². The zero-order chi connectivity index (χ0) is 37.9. The van der Waals surface area contributed by atoms with Gasteiger partial charge in [0.05, 0.1) is 11.4 Å². The Hall–Kier alpha value is -4.36. The van der Waals surface area contributed by atoms with Gasteiger partial charge in [0.2, 0.25) is 5.96 Å². The van der Waals surface area contributed by atoms with Crippen LogP contribution in [0.1, 0.15) is 92.1 Å². The van der Waals surface area contributed by atoms with Gasteiger partial charge >= 0.3 is 5.97 Å². The van der Waals surface area contributed by atoms with Gasteiger partial charge in [-0.1, -0.05) is 23.7 Å². The minimum Gasteiger partial charge on any atom is -0.487 e. The molecule has 2 aromatic carbocycles. The van der Waals surface area contributed by atoms with Crippen molar-refractivity contribution in [3.05, 3.63) is 91.4 Å². The fraction of sp³-hybridized carbons (Fsp3) is 0.459. The first-order valence-corrected chi connectivity index (χ1v) is 18.7. The molecule has 2 heterocycles. The summed E-state index contributed by atoms with van der Waals surface area (Å²) in [5.41, 5.74) is 7.73. The lowest BCUT2D eigenvalue weighted by Crippen LogP contribution is -2.46. The standard InChI is InChI=1S/C37H48ClN5O7S/c1-22-23(2)31(24(3)27-16-17-37(7,8)49-30(22)27)51(47,48)42-35(39)40-18-10-15-29(34(46)50-36(4,5)6)41-32(44)28-14-11-19-43(33(28)45)21-25-12-9-13-26(38)20-25/h9,11-14,19-20,29H,10,15-18,21H2,1-8H3,(H,41,44)(H3,39,40,42)/t29-/m0/s1. The van der Waals surface area contributed by atoms with Crippen LogP contribution in [0.5, 0.6) is 5.75 Å². The van der Waals surface area contributed by atoms with Crippen LogP contribution >= 0.6 is 11.6 Å². The molecule has 12 nitrogen and oxygen atoms in total. The van der Waals surface area contributed by atoms with Crippen molar-refractivity contribution in [3.63, 3.8) is 0 Å². The third-order valence-electron chi connectivity index (χ3n) is 8.61. The van der Waals surface area contributed by atoms with Crippen molar-refractivity contribution in [1.82, 2.24) is 14.6 Å². The van der Waals surface area contributed by atoms with Crippen LogP contribution in [0.3, 0.4) is 0 Å². The predicted octanol–water partition coefficient (Wildman–Crippen LogP) is 5.09. The van der Waals surface area contributed by atoms with Gasteiger partial charge in [0, 0.05) is 17.8 Å². The first-order valence-electron chi connectivity index (χ1n) is 16.8. The van der Waals surface area contributed by atoms with E-state index in [-0.39, 0.29) is 48.0 Å². The highest BCUT2D eigenvalue weighted by molar-refractivity contribution is 7.90. The Balaban J connectivity index is 1.46. The number of carbonyl (C=O) groups excluding carboxylic acids is 2. The van der Waals surface area contributed by atoms with Crippen molar-refractivity contribution in [1.29, 1.82) is 0 Å². The first-order chi connectivity index (χ1) is 23.7. The Morgan fingerprint density at radius 3 is 2.49 bits per heavy atom. The van der Waals surface area contributed by atoms with Crippen molar-refractivity contribution in [2.24, 2.45) is 10.7 Å². The topological polar surface area (TPSA) is 171 Å². The molecule has 0 fully saturated rings. The molecule has 0 unspecified atom stereocenters. The minimum absolute atomic E-state index is 0.0331. The maximum Gasteiger partial charge on any atom is 0.329 e. The van der Waals surface area contributed by atoms with Crippen LogP contribution < -0.4 is 26.1 Å². The number of aliphatic imine (C=N–C) groups is 1. The SMILES string of the molecule is Cc1c(C)c(S(=O)(=O)NC(N)=NCCC[C@H](NC(=O)c2cccn(Cc3cccc(Cl)c3)c2=O)C(=O)OC(C)(C)C)c(C)c2c1OC(C)(C)CC2. The molecule has 0 saturated heterocycles. The van der Waals surface area contributed by atoms with E-state index in [0.29, 0.717) is 22.6 Å². The Kier molecular flexibility index (Phi) is 12.0. The van der Waals surface area contributed by atoms with Gasteiger partial charge in [0.1, 0.15) is 28.6 Å². The van der Waals surface area contributed by atoms with Crippen LogP contribution in [-0.4, -0.2) is 54.6 Å². The summed E-state index contributed by atoms with van der Waals surface area (Å²) in [6.07, 6.45) is 3.29. The third-order valence-corrected chi connectivity index (χ3v) is 10.5. The van der Waals surface area contributed by atoms with Gasteiger partial charge in [-0.05, 0) is 133 Å².